The Morgan fingerprint density at radius 2 is 1.81 bits per heavy atom. The molecule has 0 saturated heterocycles. The first-order valence-electron chi connectivity index (χ1n) is 8.63. The average molecular weight is 369 g/mol. The Kier molecular flexibility index (Phi) is 6.19. The van der Waals surface area contributed by atoms with E-state index < -0.39 is 11.2 Å². The molecule has 1 amide bonds. The third kappa shape index (κ3) is 4.26. The fourth-order valence-electron chi connectivity index (χ4n) is 2.52. The Balaban J connectivity index is 2.19. The summed E-state index contributed by atoms with van der Waals surface area (Å²) in [7, 11) is 2.83. The van der Waals surface area contributed by atoms with Gasteiger partial charge in [-0.15, -0.1) is 0 Å². The van der Waals surface area contributed by atoms with Crippen molar-refractivity contribution >= 4 is 11.7 Å². The summed E-state index contributed by atoms with van der Waals surface area (Å²) in [5.74, 6) is 0.0359. The van der Waals surface area contributed by atoms with Crippen LogP contribution in [0.3, 0.4) is 0 Å². The third-order valence-corrected chi connectivity index (χ3v) is 4.44. The highest BCUT2D eigenvalue weighted by Crippen LogP contribution is 2.11. The zero-order valence-corrected chi connectivity index (χ0v) is 15.9. The highest BCUT2D eigenvalue weighted by molar-refractivity contribution is 5.94. The molecule has 1 unspecified atom stereocenters. The van der Waals surface area contributed by atoms with E-state index in [1.54, 1.807) is 24.3 Å². The van der Waals surface area contributed by atoms with E-state index in [1.165, 1.54) is 18.7 Å². The molecule has 0 saturated carbocycles. The molecule has 27 heavy (non-hydrogen) atoms. The second kappa shape index (κ2) is 8.36. The van der Waals surface area contributed by atoms with Crippen molar-refractivity contribution in [3.05, 3.63) is 61.8 Å². The fourth-order valence-corrected chi connectivity index (χ4v) is 2.52. The largest absolute Gasteiger partial charge is 0.366 e. The van der Waals surface area contributed by atoms with Gasteiger partial charge in [0, 0.05) is 32.2 Å². The topological polar surface area (TPSA) is 109 Å². The van der Waals surface area contributed by atoms with Crippen LogP contribution < -0.4 is 21.9 Å². The molecule has 142 valence electrons. The van der Waals surface area contributed by atoms with Crippen LogP contribution in [0, 0.1) is 11.3 Å². The molecule has 1 aromatic heterocycles. The zero-order valence-electron chi connectivity index (χ0n) is 15.9. The minimum Gasteiger partial charge on any atom is -0.366 e. The maximum Gasteiger partial charge on any atom is 0.332 e. The summed E-state index contributed by atoms with van der Waals surface area (Å²) >= 11 is 0. The van der Waals surface area contributed by atoms with Crippen LogP contribution >= 0.6 is 0 Å². The number of hydrogen-bond donors (Lipinski definition) is 2. The van der Waals surface area contributed by atoms with E-state index in [2.05, 4.69) is 10.6 Å². The van der Waals surface area contributed by atoms with Crippen LogP contribution in [0.1, 0.15) is 41.8 Å². The summed E-state index contributed by atoms with van der Waals surface area (Å²) in [6, 6.07) is 8.94. The summed E-state index contributed by atoms with van der Waals surface area (Å²) in [5, 5.41) is 15.1. The van der Waals surface area contributed by atoms with Gasteiger partial charge in [-0.25, -0.2) is 4.79 Å². The van der Waals surface area contributed by atoms with Gasteiger partial charge in [0.05, 0.1) is 0 Å². The Morgan fingerprint density at radius 1 is 1.19 bits per heavy atom. The first-order chi connectivity index (χ1) is 12.8. The Morgan fingerprint density at radius 3 is 2.37 bits per heavy atom. The molecule has 0 bridgehead atoms. The van der Waals surface area contributed by atoms with Crippen molar-refractivity contribution in [3.8, 4) is 6.07 Å². The summed E-state index contributed by atoms with van der Waals surface area (Å²) < 4.78 is 2.13. The molecule has 0 aliphatic carbocycles. The Labute approximate surface area is 157 Å². The number of benzene rings is 1. The van der Waals surface area contributed by atoms with Crippen molar-refractivity contribution in [1.82, 2.24) is 14.5 Å². The van der Waals surface area contributed by atoms with E-state index in [9.17, 15) is 19.6 Å². The van der Waals surface area contributed by atoms with Gasteiger partial charge in [-0.2, -0.15) is 5.26 Å². The molecule has 0 radical (unpaired) electrons. The predicted octanol–water partition coefficient (Wildman–Crippen LogP) is 1.10. The second-order valence-corrected chi connectivity index (χ2v) is 6.37. The Bertz CT molecular complexity index is 996. The lowest BCUT2D eigenvalue weighted by atomic mass is 10.1. The number of nitrogens with one attached hydrogen (secondary N) is 2. The van der Waals surface area contributed by atoms with E-state index in [1.807, 2.05) is 19.9 Å². The molecule has 2 N–H and O–H groups in total. The number of carbonyl (C=O) groups excluding carboxylic acids is 1. The lowest BCUT2D eigenvalue weighted by Gasteiger charge is -2.14. The molecule has 2 aromatic rings. The number of nitriles is 1. The first kappa shape index (κ1) is 20.0. The minimum absolute atomic E-state index is 0.102. The van der Waals surface area contributed by atoms with Gasteiger partial charge in [-0.1, -0.05) is 19.1 Å². The van der Waals surface area contributed by atoms with Crippen molar-refractivity contribution in [3.63, 3.8) is 0 Å². The summed E-state index contributed by atoms with van der Waals surface area (Å²) in [5.41, 5.74) is 0.118. The second-order valence-electron chi connectivity index (χ2n) is 6.37. The van der Waals surface area contributed by atoms with Crippen LogP contribution in [-0.4, -0.2) is 21.1 Å². The van der Waals surface area contributed by atoms with Crippen molar-refractivity contribution in [2.75, 3.05) is 5.32 Å². The van der Waals surface area contributed by atoms with E-state index >= 15 is 0 Å². The molecule has 1 atom stereocenters. The van der Waals surface area contributed by atoms with E-state index in [0.29, 0.717) is 12.1 Å². The quantitative estimate of drug-likeness (QED) is 0.792. The monoisotopic (exact) mass is 369 g/mol. The highest BCUT2D eigenvalue weighted by atomic mass is 16.2. The summed E-state index contributed by atoms with van der Waals surface area (Å²) in [6.07, 6.45) is 0.851. The maximum atomic E-state index is 12.1. The van der Waals surface area contributed by atoms with Gasteiger partial charge in [0.25, 0.3) is 11.5 Å². The van der Waals surface area contributed by atoms with Crippen LogP contribution in [0.2, 0.25) is 0 Å². The lowest BCUT2D eigenvalue weighted by Crippen LogP contribution is -2.39. The molecule has 0 fully saturated rings. The van der Waals surface area contributed by atoms with Gasteiger partial charge in [0.15, 0.2) is 5.56 Å². The minimum atomic E-state index is -0.639. The molecule has 0 spiro atoms. The van der Waals surface area contributed by atoms with E-state index in [0.717, 1.165) is 16.6 Å². The van der Waals surface area contributed by atoms with Crippen LogP contribution in [0.4, 0.5) is 5.82 Å². The number of hydrogen-bond acceptors (Lipinski definition) is 5. The molecule has 0 aliphatic heterocycles. The molecule has 1 heterocycles. The molecule has 8 nitrogen and oxygen atoms in total. The van der Waals surface area contributed by atoms with Gasteiger partial charge in [-0.3, -0.25) is 18.7 Å². The molecule has 8 heteroatoms. The average Bonchev–Trinajstić information content (AvgIpc) is 2.68. The Hall–Kier alpha value is -3.34. The van der Waals surface area contributed by atoms with Gasteiger partial charge in [0.1, 0.15) is 11.9 Å². The number of rotatable bonds is 6. The number of anilines is 1. The predicted molar refractivity (Wildman–Crippen MR) is 103 cm³/mol. The van der Waals surface area contributed by atoms with Gasteiger partial charge in [-0.05, 0) is 31.0 Å². The van der Waals surface area contributed by atoms with Gasteiger partial charge < -0.3 is 10.6 Å². The summed E-state index contributed by atoms with van der Waals surface area (Å²) in [6.45, 7) is 4.24. The highest BCUT2D eigenvalue weighted by Gasteiger charge is 2.15. The van der Waals surface area contributed by atoms with Crippen LogP contribution in [-0.2, 0) is 20.6 Å². The number of nitrogens with zero attached hydrogens (tertiary/aromatic N) is 3. The van der Waals surface area contributed by atoms with Crippen molar-refractivity contribution < 1.29 is 4.79 Å². The van der Waals surface area contributed by atoms with Crippen molar-refractivity contribution in [2.24, 2.45) is 14.1 Å². The van der Waals surface area contributed by atoms with E-state index in [-0.39, 0.29) is 23.3 Å². The summed E-state index contributed by atoms with van der Waals surface area (Å²) in [4.78, 5) is 36.2. The lowest BCUT2D eigenvalue weighted by molar-refractivity contribution is 0.0939. The smallest absolute Gasteiger partial charge is 0.332 e. The van der Waals surface area contributed by atoms with E-state index in [4.69, 9.17) is 0 Å². The van der Waals surface area contributed by atoms with Crippen LogP contribution in [0.25, 0.3) is 0 Å². The standard InChI is InChI=1S/C19H23N5O3/c1-5-12(2)22-17(25)14-8-6-13(7-9-14)11-21-16-15(10-20)18(26)24(4)19(27)23(16)3/h6-9,12,21H,5,11H2,1-4H3,(H,22,25). The molecular weight excluding hydrogens is 346 g/mol. The molecule has 1 aromatic carbocycles. The third-order valence-electron chi connectivity index (χ3n) is 4.44. The maximum absolute atomic E-state index is 12.1. The molecule has 2 rings (SSSR count). The number of amides is 1. The number of carbonyl (C=O) groups is 1. The van der Waals surface area contributed by atoms with Gasteiger partial charge >= 0.3 is 5.69 Å². The van der Waals surface area contributed by atoms with Crippen molar-refractivity contribution in [2.45, 2.75) is 32.9 Å². The molecule has 0 aliphatic rings. The van der Waals surface area contributed by atoms with Crippen molar-refractivity contribution in [1.29, 1.82) is 5.26 Å². The normalized spacial score (nSPS) is 11.5. The fraction of sp³-hybridized carbons (Fsp3) is 0.368. The van der Waals surface area contributed by atoms with Gasteiger partial charge in [0.2, 0.25) is 0 Å². The van der Waals surface area contributed by atoms with Crippen LogP contribution in [0.5, 0.6) is 0 Å². The zero-order chi connectivity index (χ0) is 20.1. The number of aromatic nitrogens is 2. The first-order valence-corrected chi connectivity index (χ1v) is 8.63. The SMILES string of the molecule is CCC(C)NC(=O)c1ccc(CNc2c(C#N)c(=O)n(C)c(=O)n2C)cc1. The molecular formula is C19H23N5O3. The van der Waals surface area contributed by atoms with Crippen LogP contribution in [0.15, 0.2) is 33.9 Å².